The molecule has 0 aliphatic carbocycles. The summed E-state index contributed by atoms with van der Waals surface area (Å²) in [4.78, 5) is 13.7. The number of thioether (sulfide) groups is 1. The molecule has 2 atom stereocenters. The van der Waals surface area contributed by atoms with E-state index in [0.29, 0.717) is 18.1 Å². The summed E-state index contributed by atoms with van der Waals surface area (Å²) in [6, 6.07) is 11.5. The summed E-state index contributed by atoms with van der Waals surface area (Å²) < 4.78 is 7.92. The zero-order valence-corrected chi connectivity index (χ0v) is 19.0. The van der Waals surface area contributed by atoms with Crippen molar-refractivity contribution in [2.75, 3.05) is 6.61 Å². The first-order valence-corrected chi connectivity index (χ1v) is 12.0. The Balaban J connectivity index is 1.46. The molecule has 0 spiro atoms. The van der Waals surface area contributed by atoms with Crippen LogP contribution in [0.5, 0.6) is 0 Å². The Bertz CT molecular complexity index is 987. The lowest BCUT2D eigenvalue weighted by molar-refractivity contribution is -0.120. The zero-order chi connectivity index (χ0) is 20.9. The molecule has 158 valence electrons. The van der Waals surface area contributed by atoms with E-state index in [0.717, 1.165) is 40.9 Å². The number of amides is 1. The van der Waals surface area contributed by atoms with E-state index in [9.17, 15) is 4.79 Å². The van der Waals surface area contributed by atoms with E-state index in [1.54, 1.807) is 11.3 Å². The van der Waals surface area contributed by atoms with Gasteiger partial charge in [0.15, 0.2) is 11.0 Å². The molecule has 0 bridgehead atoms. The second-order valence-corrected chi connectivity index (χ2v) is 9.76. The van der Waals surface area contributed by atoms with Crippen LogP contribution in [0.1, 0.15) is 25.3 Å². The van der Waals surface area contributed by atoms with E-state index in [1.807, 2.05) is 48.7 Å². The average Bonchev–Trinajstić information content (AvgIpc) is 3.50. The molecule has 30 heavy (non-hydrogen) atoms. The highest BCUT2D eigenvalue weighted by atomic mass is 35.5. The molecule has 1 aliphatic rings. The molecular weight excluding hydrogens is 440 g/mol. The van der Waals surface area contributed by atoms with Crippen molar-refractivity contribution in [3.05, 3.63) is 52.4 Å². The van der Waals surface area contributed by atoms with Crippen LogP contribution in [0.3, 0.4) is 0 Å². The van der Waals surface area contributed by atoms with Gasteiger partial charge >= 0.3 is 0 Å². The maximum atomic E-state index is 12.7. The highest BCUT2D eigenvalue weighted by Gasteiger charge is 2.25. The number of nitrogens with one attached hydrogen (secondary N) is 1. The summed E-state index contributed by atoms with van der Waals surface area (Å²) in [6.07, 6.45) is 2.26. The minimum atomic E-state index is -0.323. The normalized spacial score (nSPS) is 17.2. The smallest absolute Gasteiger partial charge is 0.233 e. The van der Waals surface area contributed by atoms with Crippen LogP contribution < -0.4 is 5.32 Å². The second kappa shape index (κ2) is 9.96. The van der Waals surface area contributed by atoms with E-state index in [2.05, 4.69) is 20.1 Å². The van der Waals surface area contributed by atoms with E-state index < -0.39 is 0 Å². The quantitative estimate of drug-likeness (QED) is 0.494. The predicted octanol–water partition coefficient (Wildman–Crippen LogP) is 4.64. The van der Waals surface area contributed by atoms with Crippen molar-refractivity contribution in [1.82, 2.24) is 20.1 Å². The van der Waals surface area contributed by atoms with Gasteiger partial charge in [-0.2, -0.15) is 0 Å². The monoisotopic (exact) mass is 462 g/mol. The number of aromatic nitrogens is 3. The second-order valence-electron chi connectivity index (χ2n) is 7.10. The first-order chi connectivity index (χ1) is 14.6. The van der Waals surface area contributed by atoms with Gasteiger partial charge in [-0.05, 0) is 42.8 Å². The van der Waals surface area contributed by atoms with Crippen LogP contribution in [-0.2, 0) is 22.6 Å². The molecule has 6 nitrogen and oxygen atoms in total. The van der Waals surface area contributed by atoms with Crippen LogP contribution in [0, 0.1) is 0 Å². The van der Waals surface area contributed by atoms with Gasteiger partial charge in [0.25, 0.3) is 0 Å². The fourth-order valence-electron chi connectivity index (χ4n) is 3.30. The lowest BCUT2D eigenvalue weighted by atomic mass is 10.2. The first-order valence-electron chi connectivity index (χ1n) is 9.88. The number of carbonyl (C=O) groups is 1. The van der Waals surface area contributed by atoms with Crippen molar-refractivity contribution in [2.45, 2.75) is 49.4 Å². The predicted molar refractivity (Wildman–Crippen MR) is 121 cm³/mol. The third-order valence-electron chi connectivity index (χ3n) is 4.93. The van der Waals surface area contributed by atoms with Crippen LogP contribution in [0.15, 0.2) is 46.9 Å². The molecule has 4 rings (SSSR count). The summed E-state index contributed by atoms with van der Waals surface area (Å²) >= 11 is 9.22. The van der Waals surface area contributed by atoms with Gasteiger partial charge in [-0.3, -0.25) is 9.36 Å². The zero-order valence-electron chi connectivity index (χ0n) is 16.6. The number of halogens is 1. The Hall–Kier alpha value is -1.87. The van der Waals surface area contributed by atoms with Gasteiger partial charge in [-0.1, -0.05) is 47.6 Å². The summed E-state index contributed by atoms with van der Waals surface area (Å²) in [5, 5.41) is 14.9. The van der Waals surface area contributed by atoms with E-state index in [4.69, 9.17) is 16.3 Å². The fourth-order valence-corrected chi connectivity index (χ4v) is 5.10. The molecule has 3 heterocycles. The Morgan fingerprint density at radius 3 is 2.97 bits per heavy atom. The number of benzene rings is 1. The Morgan fingerprint density at radius 1 is 1.37 bits per heavy atom. The van der Waals surface area contributed by atoms with Gasteiger partial charge in [0.2, 0.25) is 5.91 Å². The van der Waals surface area contributed by atoms with E-state index >= 15 is 0 Å². The van der Waals surface area contributed by atoms with Crippen LogP contribution in [0.4, 0.5) is 0 Å². The molecule has 1 saturated heterocycles. The molecule has 1 aromatic carbocycles. The Labute approximate surface area is 189 Å². The minimum Gasteiger partial charge on any atom is -0.376 e. The summed E-state index contributed by atoms with van der Waals surface area (Å²) in [7, 11) is 0. The Kier molecular flexibility index (Phi) is 7.09. The standard InChI is InChI=1S/C21H23ClN4O2S2/c1-14(20(27)23-12-15-6-2-3-8-17(15)22)30-21-25-24-19(18-9-5-11-29-18)26(21)13-16-7-4-10-28-16/h2-3,5-6,8-9,11,14,16H,4,7,10,12-13H2,1H3,(H,23,27). The van der Waals surface area contributed by atoms with Crippen LogP contribution in [0.25, 0.3) is 10.7 Å². The summed E-state index contributed by atoms with van der Waals surface area (Å²) in [5.74, 6) is 0.760. The lowest BCUT2D eigenvalue weighted by Gasteiger charge is -2.16. The van der Waals surface area contributed by atoms with Crippen molar-refractivity contribution < 1.29 is 9.53 Å². The first kappa shape index (κ1) is 21.4. The molecule has 1 N–H and O–H groups in total. The van der Waals surface area contributed by atoms with Crippen LogP contribution >= 0.6 is 34.7 Å². The maximum absolute atomic E-state index is 12.7. The fraction of sp³-hybridized carbons (Fsp3) is 0.381. The largest absolute Gasteiger partial charge is 0.376 e. The van der Waals surface area contributed by atoms with Crippen LogP contribution in [-0.4, -0.2) is 38.6 Å². The molecule has 3 aromatic rings. The third kappa shape index (κ3) is 5.06. The Morgan fingerprint density at radius 2 is 2.23 bits per heavy atom. The van der Waals surface area contributed by atoms with Crippen molar-refractivity contribution in [1.29, 1.82) is 0 Å². The van der Waals surface area contributed by atoms with Crippen molar-refractivity contribution in [3.8, 4) is 10.7 Å². The van der Waals surface area contributed by atoms with Gasteiger partial charge in [-0.15, -0.1) is 21.5 Å². The van der Waals surface area contributed by atoms with Gasteiger partial charge < -0.3 is 10.1 Å². The number of carbonyl (C=O) groups excluding carboxylic acids is 1. The topological polar surface area (TPSA) is 69.0 Å². The van der Waals surface area contributed by atoms with Gasteiger partial charge in [0.05, 0.1) is 22.8 Å². The molecule has 9 heteroatoms. The van der Waals surface area contributed by atoms with Crippen molar-refractivity contribution in [2.24, 2.45) is 0 Å². The van der Waals surface area contributed by atoms with Gasteiger partial charge in [0.1, 0.15) is 0 Å². The highest BCUT2D eigenvalue weighted by Crippen LogP contribution is 2.30. The molecule has 1 aliphatic heterocycles. The molecule has 2 unspecified atom stereocenters. The lowest BCUT2D eigenvalue weighted by Crippen LogP contribution is -2.30. The molecule has 2 aromatic heterocycles. The summed E-state index contributed by atoms with van der Waals surface area (Å²) in [6.45, 7) is 3.76. The van der Waals surface area contributed by atoms with Crippen molar-refractivity contribution >= 4 is 40.6 Å². The van der Waals surface area contributed by atoms with Gasteiger partial charge in [0, 0.05) is 18.2 Å². The number of ether oxygens (including phenoxy) is 1. The third-order valence-corrected chi connectivity index (χ3v) is 7.25. The highest BCUT2D eigenvalue weighted by molar-refractivity contribution is 8.00. The van der Waals surface area contributed by atoms with Crippen LogP contribution in [0.2, 0.25) is 5.02 Å². The molecule has 0 radical (unpaired) electrons. The number of hydrogen-bond acceptors (Lipinski definition) is 6. The van der Waals surface area contributed by atoms with E-state index in [-0.39, 0.29) is 17.3 Å². The molecule has 1 amide bonds. The van der Waals surface area contributed by atoms with Crippen molar-refractivity contribution in [3.63, 3.8) is 0 Å². The molecular formula is C21H23ClN4O2S2. The van der Waals surface area contributed by atoms with Gasteiger partial charge in [-0.25, -0.2) is 0 Å². The maximum Gasteiger partial charge on any atom is 0.233 e. The SMILES string of the molecule is CC(Sc1nnc(-c2cccs2)n1CC1CCCO1)C(=O)NCc1ccccc1Cl. The van der Waals surface area contributed by atoms with E-state index in [1.165, 1.54) is 11.8 Å². The number of rotatable bonds is 8. The summed E-state index contributed by atoms with van der Waals surface area (Å²) in [5.41, 5.74) is 0.895. The molecule has 0 saturated carbocycles. The molecule has 1 fully saturated rings. The number of hydrogen-bond donors (Lipinski definition) is 1. The number of thiophene rings is 1. The number of nitrogens with zero attached hydrogens (tertiary/aromatic N) is 3. The minimum absolute atomic E-state index is 0.0655. The average molecular weight is 463 g/mol.